The van der Waals surface area contributed by atoms with Crippen LogP contribution in [0.15, 0.2) is 0 Å². The van der Waals surface area contributed by atoms with Crippen LogP contribution in [-0.2, 0) is 4.79 Å². The lowest BCUT2D eigenvalue weighted by Gasteiger charge is -2.22. The Kier molecular flexibility index (Phi) is 4.45. The molecule has 0 saturated heterocycles. The van der Waals surface area contributed by atoms with Crippen LogP contribution in [-0.4, -0.2) is 11.9 Å². The van der Waals surface area contributed by atoms with Crippen molar-refractivity contribution in [2.45, 2.75) is 54.0 Å². The first kappa shape index (κ1) is 12.5. The fraction of sp³-hybridized carbons (Fsp3) is 0.909. The highest BCUT2D eigenvalue weighted by atomic mass is 16.2. The van der Waals surface area contributed by atoms with E-state index < -0.39 is 0 Å². The molecule has 13 heavy (non-hydrogen) atoms. The number of amides is 1. The molecule has 78 valence electrons. The van der Waals surface area contributed by atoms with E-state index in [4.69, 9.17) is 0 Å². The van der Waals surface area contributed by atoms with Gasteiger partial charge < -0.3 is 5.32 Å². The molecular formula is C11H23NO. The summed E-state index contributed by atoms with van der Waals surface area (Å²) >= 11 is 0. The van der Waals surface area contributed by atoms with Gasteiger partial charge in [0.15, 0.2) is 0 Å². The van der Waals surface area contributed by atoms with Gasteiger partial charge in [-0.25, -0.2) is 0 Å². The zero-order valence-electron chi connectivity index (χ0n) is 9.77. The summed E-state index contributed by atoms with van der Waals surface area (Å²) in [6.07, 6.45) is 1.04. The Bertz CT molecular complexity index is 167. The Morgan fingerprint density at radius 3 is 2.00 bits per heavy atom. The summed E-state index contributed by atoms with van der Waals surface area (Å²) in [4.78, 5) is 11.5. The van der Waals surface area contributed by atoms with E-state index >= 15 is 0 Å². The summed E-state index contributed by atoms with van der Waals surface area (Å²) in [6.45, 7) is 12.2. The molecular weight excluding hydrogens is 162 g/mol. The molecule has 0 aromatic rings. The lowest BCUT2D eigenvalue weighted by atomic mass is 9.94. The van der Waals surface area contributed by atoms with Crippen molar-refractivity contribution in [1.82, 2.24) is 5.32 Å². The second-order valence-corrected chi connectivity index (χ2v) is 5.25. The van der Waals surface area contributed by atoms with E-state index in [0.717, 1.165) is 6.42 Å². The number of hydrogen-bond donors (Lipinski definition) is 1. The molecule has 2 nitrogen and oxygen atoms in total. The maximum Gasteiger partial charge on any atom is 0.225 e. The van der Waals surface area contributed by atoms with Gasteiger partial charge in [0.2, 0.25) is 5.91 Å². The van der Waals surface area contributed by atoms with Crippen LogP contribution >= 0.6 is 0 Å². The summed E-state index contributed by atoms with van der Waals surface area (Å²) in [6, 6.07) is 0.284. The van der Waals surface area contributed by atoms with Crippen molar-refractivity contribution >= 4 is 5.91 Å². The first-order valence-electron chi connectivity index (χ1n) is 5.04. The summed E-state index contributed by atoms with van der Waals surface area (Å²) in [5.74, 6) is 0.774. The Balaban J connectivity index is 3.93. The molecule has 0 radical (unpaired) electrons. The van der Waals surface area contributed by atoms with Crippen LogP contribution in [0.25, 0.3) is 0 Å². The van der Waals surface area contributed by atoms with Crippen LogP contribution in [0, 0.1) is 11.3 Å². The molecule has 0 bridgehead atoms. The third kappa shape index (κ3) is 5.67. The molecule has 0 aromatic carbocycles. The topological polar surface area (TPSA) is 29.1 Å². The third-order valence-electron chi connectivity index (χ3n) is 1.88. The van der Waals surface area contributed by atoms with E-state index in [-0.39, 0.29) is 17.4 Å². The molecule has 0 aromatic heterocycles. The van der Waals surface area contributed by atoms with E-state index in [1.807, 2.05) is 20.8 Å². The van der Waals surface area contributed by atoms with E-state index in [0.29, 0.717) is 5.92 Å². The van der Waals surface area contributed by atoms with Crippen LogP contribution < -0.4 is 5.32 Å². The number of rotatable bonds is 3. The lowest BCUT2D eigenvalue weighted by molar-refractivity contribution is -0.129. The fourth-order valence-electron chi connectivity index (χ4n) is 1.21. The van der Waals surface area contributed by atoms with Gasteiger partial charge in [-0.2, -0.15) is 0 Å². The minimum Gasteiger partial charge on any atom is -0.353 e. The summed E-state index contributed by atoms with van der Waals surface area (Å²) < 4.78 is 0. The Morgan fingerprint density at radius 1 is 1.23 bits per heavy atom. The van der Waals surface area contributed by atoms with Crippen LogP contribution in [0.2, 0.25) is 0 Å². The predicted molar refractivity (Wildman–Crippen MR) is 56.5 cm³/mol. The van der Waals surface area contributed by atoms with Crippen LogP contribution in [0.1, 0.15) is 48.0 Å². The first-order valence-corrected chi connectivity index (χ1v) is 5.04. The molecule has 0 aliphatic rings. The molecule has 0 rings (SSSR count). The zero-order valence-corrected chi connectivity index (χ0v) is 9.77. The highest BCUT2D eigenvalue weighted by molar-refractivity contribution is 5.81. The van der Waals surface area contributed by atoms with Crippen molar-refractivity contribution in [3.8, 4) is 0 Å². The van der Waals surface area contributed by atoms with Gasteiger partial charge in [0.25, 0.3) is 0 Å². The molecule has 1 atom stereocenters. The van der Waals surface area contributed by atoms with Crippen molar-refractivity contribution < 1.29 is 4.79 Å². The first-order chi connectivity index (χ1) is 5.73. The van der Waals surface area contributed by atoms with Gasteiger partial charge in [0, 0.05) is 11.5 Å². The average molecular weight is 185 g/mol. The van der Waals surface area contributed by atoms with Crippen LogP contribution in [0.4, 0.5) is 0 Å². The second-order valence-electron chi connectivity index (χ2n) is 5.25. The van der Waals surface area contributed by atoms with Crippen molar-refractivity contribution in [2.75, 3.05) is 0 Å². The molecule has 0 heterocycles. The number of hydrogen-bond acceptors (Lipinski definition) is 1. The van der Waals surface area contributed by atoms with Gasteiger partial charge in [-0.3, -0.25) is 4.79 Å². The minimum atomic E-state index is -0.273. The van der Waals surface area contributed by atoms with E-state index in [2.05, 4.69) is 26.1 Å². The standard InChI is InChI=1S/C11H23NO/c1-8(2)7-9(3)12-10(13)11(4,5)6/h8-9H,7H2,1-6H3,(H,12,13). The average Bonchev–Trinajstić information content (AvgIpc) is 1.82. The third-order valence-corrected chi connectivity index (χ3v) is 1.88. The molecule has 2 heteroatoms. The SMILES string of the molecule is CC(C)CC(C)NC(=O)C(C)(C)C. The van der Waals surface area contributed by atoms with Gasteiger partial charge in [-0.15, -0.1) is 0 Å². The lowest BCUT2D eigenvalue weighted by Crippen LogP contribution is -2.40. The monoisotopic (exact) mass is 185 g/mol. The van der Waals surface area contributed by atoms with Crippen molar-refractivity contribution in [3.63, 3.8) is 0 Å². The second kappa shape index (κ2) is 4.64. The minimum absolute atomic E-state index is 0.139. The normalized spacial score (nSPS) is 14.4. The van der Waals surface area contributed by atoms with E-state index in [9.17, 15) is 4.79 Å². The molecule has 0 aliphatic heterocycles. The molecule has 1 unspecified atom stereocenters. The van der Waals surface area contributed by atoms with E-state index in [1.54, 1.807) is 0 Å². The van der Waals surface area contributed by atoms with Crippen molar-refractivity contribution in [1.29, 1.82) is 0 Å². The molecule has 0 fully saturated rings. The van der Waals surface area contributed by atoms with Crippen molar-refractivity contribution in [3.05, 3.63) is 0 Å². The molecule has 0 aliphatic carbocycles. The Labute approximate surface area is 82.1 Å². The van der Waals surface area contributed by atoms with Gasteiger partial charge in [0.05, 0.1) is 0 Å². The van der Waals surface area contributed by atoms with E-state index in [1.165, 1.54) is 0 Å². The van der Waals surface area contributed by atoms with Gasteiger partial charge in [0.1, 0.15) is 0 Å². The zero-order chi connectivity index (χ0) is 10.6. The van der Waals surface area contributed by atoms with Crippen LogP contribution in [0.5, 0.6) is 0 Å². The fourth-order valence-corrected chi connectivity index (χ4v) is 1.21. The molecule has 0 saturated carbocycles. The quantitative estimate of drug-likeness (QED) is 0.719. The molecule has 1 amide bonds. The largest absolute Gasteiger partial charge is 0.353 e. The molecule has 0 spiro atoms. The maximum atomic E-state index is 11.5. The predicted octanol–water partition coefficient (Wildman–Crippen LogP) is 2.58. The summed E-state index contributed by atoms with van der Waals surface area (Å²) in [7, 11) is 0. The van der Waals surface area contributed by atoms with Crippen molar-refractivity contribution in [2.24, 2.45) is 11.3 Å². The smallest absolute Gasteiger partial charge is 0.225 e. The number of carbonyl (C=O) groups excluding carboxylic acids is 1. The highest BCUT2D eigenvalue weighted by Gasteiger charge is 2.22. The maximum absolute atomic E-state index is 11.5. The summed E-state index contributed by atoms with van der Waals surface area (Å²) in [5.41, 5.74) is -0.273. The van der Waals surface area contributed by atoms with Gasteiger partial charge in [-0.1, -0.05) is 34.6 Å². The highest BCUT2D eigenvalue weighted by Crippen LogP contribution is 2.14. The Hall–Kier alpha value is -0.530. The molecule has 1 N–H and O–H groups in total. The van der Waals surface area contributed by atoms with Crippen LogP contribution in [0.3, 0.4) is 0 Å². The number of carbonyl (C=O) groups is 1. The van der Waals surface area contributed by atoms with Gasteiger partial charge in [-0.05, 0) is 19.3 Å². The summed E-state index contributed by atoms with van der Waals surface area (Å²) in [5, 5.41) is 3.01. The van der Waals surface area contributed by atoms with Gasteiger partial charge >= 0.3 is 0 Å². The number of nitrogens with one attached hydrogen (secondary N) is 1. The Morgan fingerprint density at radius 2 is 1.69 bits per heavy atom.